The first-order chi connectivity index (χ1) is 32.4. The molecule has 68 heavy (non-hydrogen) atoms. The molecule has 2 N–H and O–H groups in total. The van der Waals surface area contributed by atoms with E-state index in [4.69, 9.17) is 14.2 Å². The lowest BCUT2D eigenvalue weighted by Crippen LogP contribution is -2.55. The van der Waals surface area contributed by atoms with Gasteiger partial charge < -0.3 is 24.8 Å². The van der Waals surface area contributed by atoms with Crippen LogP contribution in [0.1, 0.15) is 90.0 Å². The minimum atomic E-state index is -1.66. The average molecular weight is 1060 g/mol. The standard InChI is InChI=1S/C51H71IN6O10/c1-35(2)25-44(53-49(64)39(18-17-37-13-9-7-10-14-37)28-43(60)31-58-21-23-66-24-22-58)46(61)29-40(27-38-15-11-8-12-16-38)50(65)54-45(26-36(3)4)48(63)51(5,34-52)68-47(62)33-67-32-42(59)20-19-41-30-57(6)56-55-41/h7-16,30,35-36,39-40,44-45H,17-29,31-34H2,1-6H3,(H,53,64)(H,54,65)/t39-,40-,44+,45+,51-/m1/s1. The highest BCUT2D eigenvalue weighted by Crippen LogP contribution is 2.24. The van der Waals surface area contributed by atoms with Gasteiger partial charge in [-0.25, -0.2) is 4.79 Å². The number of amides is 2. The molecule has 1 aliphatic heterocycles. The van der Waals surface area contributed by atoms with Crippen molar-refractivity contribution < 1.29 is 47.8 Å². The summed E-state index contributed by atoms with van der Waals surface area (Å²) in [5, 5.41) is 13.8. The van der Waals surface area contributed by atoms with Crippen LogP contribution in [0.2, 0.25) is 0 Å². The Hall–Kier alpha value is -4.72. The minimum Gasteiger partial charge on any atom is -0.449 e. The van der Waals surface area contributed by atoms with Crippen molar-refractivity contribution in [3.8, 4) is 0 Å². The van der Waals surface area contributed by atoms with E-state index < -0.39 is 53.8 Å². The lowest BCUT2D eigenvalue weighted by atomic mass is 9.87. The summed E-state index contributed by atoms with van der Waals surface area (Å²) in [6.07, 6.45) is 3.69. The van der Waals surface area contributed by atoms with Gasteiger partial charge in [0.1, 0.15) is 19.0 Å². The lowest BCUT2D eigenvalue weighted by molar-refractivity contribution is -0.168. The summed E-state index contributed by atoms with van der Waals surface area (Å²) in [6, 6.07) is 17.0. The Labute approximate surface area is 414 Å². The van der Waals surface area contributed by atoms with Gasteiger partial charge in [0.15, 0.2) is 23.0 Å². The van der Waals surface area contributed by atoms with E-state index in [0.29, 0.717) is 57.7 Å². The van der Waals surface area contributed by atoms with Crippen LogP contribution >= 0.6 is 22.6 Å². The molecule has 0 aliphatic carbocycles. The number of benzene rings is 2. The fourth-order valence-electron chi connectivity index (χ4n) is 8.12. The normalized spacial score (nSPS) is 15.7. The fraction of sp³-hybridized carbons (Fsp3) is 0.588. The second-order valence-corrected chi connectivity index (χ2v) is 19.7. The molecule has 0 saturated carbocycles. The number of aromatic nitrogens is 3. The van der Waals surface area contributed by atoms with Crippen molar-refractivity contribution >= 4 is 63.5 Å². The van der Waals surface area contributed by atoms with E-state index in [-0.39, 0.29) is 84.8 Å². The van der Waals surface area contributed by atoms with Crippen LogP contribution in [0, 0.1) is 23.7 Å². The van der Waals surface area contributed by atoms with E-state index in [9.17, 15) is 33.6 Å². The number of nitrogens with one attached hydrogen (secondary N) is 2. The molecule has 2 amide bonds. The third kappa shape index (κ3) is 19.7. The molecule has 0 bridgehead atoms. The molecule has 1 aromatic heterocycles. The van der Waals surface area contributed by atoms with Gasteiger partial charge in [0.05, 0.1) is 37.5 Å². The van der Waals surface area contributed by atoms with Gasteiger partial charge in [0, 0.05) is 68.3 Å². The van der Waals surface area contributed by atoms with Gasteiger partial charge >= 0.3 is 5.97 Å². The molecule has 0 spiro atoms. The number of nitrogens with zero attached hydrogens (tertiary/aromatic N) is 4. The van der Waals surface area contributed by atoms with Crippen LogP contribution in [0.15, 0.2) is 66.9 Å². The monoisotopic (exact) mass is 1050 g/mol. The van der Waals surface area contributed by atoms with Gasteiger partial charge in [0.2, 0.25) is 11.8 Å². The Morgan fingerprint density at radius 1 is 0.779 bits per heavy atom. The third-order valence-electron chi connectivity index (χ3n) is 11.8. The van der Waals surface area contributed by atoms with Crippen LogP contribution in [0.3, 0.4) is 0 Å². The number of esters is 1. The molecular weight excluding hydrogens is 983 g/mol. The van der Waals surface area contributed by atoms with E-state index in [1.165, 1.54) is 11.6 Å². The molecule has 3 aromatic rings. The number of hydrogen-bond acceptors (Lipinski definition) is 13. The summed E-state index contributed by atoms with van der Waals surface area (Å²) in [5.41, 5.74) is 0.823. The largest absolute Gasteiger partial charge is 0.449 e. The molecule has 1 aliphatic rings. The Kier molecular flexibility index (Phi) is 23.6. The number of alkyl halides is 1. The van der Waals surface area contributed by atoms with E-state index in [0.717, 1.165) is 11.1 Å². The first-order valence-corrected chi connectivity index (χ1v) is 25.3. The van der Waals surface area contributed by atoms with Gasteiger partial charge in [-0.1, -0.05) is 116 Å². The van der Waals surface area contributed by atoms with Crippen LogP contribution in [-0.2, 0) is 74.1 Å². The molecule has 2 heterocycles. The summed E-state index contributed by atoms with van der Waals surface area (Å²) in [7, 11) is 1.73. The fourth-order valence-corrected chi connectivity index (χ4v) is 8.65. The van der Waals surface area contributed by atoms with Gasteiger partial charge in [-0.2, -0.15) is 0 Å². The highest BCUT2D eigenvalue weighted by molar-refractivity contribution is 14.1. The van der Waals surface area contributed by atoms with E-state index >= 15 is 0 Å². The Morgan fingerprint density at radius 3 is 1.99 bits per heavy atom. The van der Waals surface area contributed by atoms with Gasteiger partial charge in [-0.3, -0.25) is 38.3 Å². The summed E-state index contributed by atoms with van der Waals surface area (Å²) < 4.78 is 18.1. The number of aryl methyl sites for hydroxylation is 3. The number of morpholine rings is 1. The number of hydrogen-bond donors (Lipinski definition) is 2. The summed E-state index contributed by atoms with van der Waals surface area (Å²) in [4.78, 5) is 98.7. The molecule has 2 aromatic carbocycles. The van der Waals surface area contributed by atoms with Crippen molar-refractivity contribution in [2.45, 2.75) is 110 Å². The highest BCUT2D eigenvalue weighted by atomic mass is 127. The van der Waals surface area contributed by atoms with Crippen molar-refractivity contribution in [1.29, 1.82) is 0 Å². The third-order valence-corrected chi connectivity index (χ3v) is 13.2. The smallest absolute Gasteiger partial charge is 0.333 e. The van der Waals surface area contributed by atoms with Crippen LogP contribution in [0.5, 0.6) is 0 Å². The Balaban J connectivity index is 1.48. The molecule has 0 unspecified atom stereocenters. The number of halogens is 1. The number of ketones is 4. The lowest BCUT2D eigenvalue weighted by Gasteiger charge is -2.32. The molecular formula is C51H71IN6O10. The number of rotatable bonds is 31. The molecule has 1 fully saturated rings. The maximum atomic E-state index is 14.5. The maximum Gasteiger partial charge on any atom is 0.333 e. The van der Waals surface area contributed by atoms with Crippen molar-refractivity contribution in [3.05, 3.63) is 83.7 Å². The van der Waals surface area contributed by atoms with Gasteiger partial charge in [0.25, 0.3) is 0 Å². The molecule has 372 valence electrons. The first kappa shape index (κ1) is 55.9. The van der Waals surface area contributed by atoms with Gasteiger partial charge in [-0.05, 0) is 62.0 Å². The van der Waals surface area contributed by atoms with E-state index in [2.05, 4.69) is 20.9 Å². The van der Waals surface area contributed by atoms with Gasteiger partial charge in [-0.15, -0.1) is 5.10 Å². The van der Waals surface area contributed by atoms with E-state index in [1.807, 2.05) is 116 Å². The molecule has 16 nitrogen and oxygen atoms in total. The quantitative estimate of drug-likeness (QED) is 0.0492. The zero-order valence-electron chi connectivity index (χ0n) is 40.6. The minimum absolute atomic E-state index is 0.000994. The molecule has 4 rings (SSSR count). The maximum absolute atomic E-state index is 14.5. The Morgan fingerprint density at radius 2 is 1.38 bits per heavy atom. The molecule has 1 saturated heterocycles. The molecule has 0 radical (unpaired) electrons. The molecule has 17 heteroatoms. The number of carbonyl (C=O) groups excluding carboxylic acids is 7. The number of ether oxygens (including phenoxy) is 3. The van der Waals surface area contributed by atoms with Crippen LogP contribution in [-0.4, -0.2) is 129 Å². The summed E-state index contributed by atoms with van der Waals surface area (Å²) in [5.74, 6) is -4.61. The topological polar surface area (TPSA) is 205 Å². The van der Waals surface area contributed by atoms with E-state index in [1.54, 1.807) is 13.2 Å². The van der Waals surface area contributed by atoms with Crippen LogP contribution in [0.4, 0.5) is 0 Å². The predicted molar refractivity (Wildman–Crippen MR) is 265 cm³/mol. The van der Waals surface area contributed by atoms with Crippen molar-refractivity contribution in [2.75, 3.05) is 50.5 Å². The second kappa shape index (κ2) is 28.7. The van der Waals surface area contributed by atoms with Crippen LogP contribution < -0.4 is 10.6 Å². The summed E-state index contributed by atoms with van der Waals surface area (Å²) in [6.45, 7) is 10.9. The van der Waals surface area contributed by atoms with Crippen molar-refractivity contribution in [1.82, 2.24) is 30.5 Å². The average Bonchev–Trinajstić information content (AvgIpc) is 3.73. The zero-order valence-corrected chi connectivity index (χ0v) is 42.7. The second-order valence-electron chi connectivity index (χ2n) is 18.9. The number of carbonyl (C=O) groups is 7. The van der Waals surface area contributed by atoms with Crippen molar-refractivity contribution in [2.24, 2.45) is 30.7 Å². The zero-order chi connectivity index (χ0) is 49.6. The SMILES string of the molecule is CC(C)C[C@H](NC(=O)[C@H](CCc1ccccc1)CC(=O)CN1CCOCC1)C(=O)C[C@@H](Cc1ccccc1)C(=O)N[C@@H](CC(C)C)C(=O)[C@@](C)(CI)OC(=O)COCC(=O)CCc1cn(C)nn1. The predicted octanol–water partition coefficient (Wildman–Crippen LogP) is 5.06. The number of Topliss-reactive ketones (excluding diaryl/α,β-unsaturated/α-hetero) is 4. The Bertz CT molecular complexity index is 2090. The van der Waals surface area contributed by atoms with Crippen LogP contribution in [0.25, 0.3) is 0 Å². The van der Waals surface area contributed by atoms with Crippen molar-refractivity contribution in [3.63, 3.8) is 0 Å². The highest BCUT2D eigenvalue weighted by Gasteiger charge is 2.42. The summed E-state index contributed by atoms with van der Waals surface area (Å²) >= 11 is 1.96. The molecule has 5 atom stereocenters. The first-order valence-electron chi connectivity index (χ1n) is 23.7.